The van der Waals surface area contributed by atoms with Gasteiger partial charge in [-0.2, -0.15) is 10.4 Å². The van der Waals surface area contributed by atoms with E-state index in [1.165, 1.54) is 0 Å². The van der Waals surface area contributed by atoms with E-state index in [1.54, 1.807) is 24.3 Å². The number of nitrogens with zero attached hydrogens (tertiary/aromatic N) is 3. The SMILES string of the molecule is N#Cc1ccc(OC2(C(=O)Nc3ccc(C4CCNC4)nn3)CCCCC2)cc1Cl. The van der Waals surface area contributed by atoms with Gasteiger partial charge in [0.15, 0.2) is 11.4 Å². The van der Waals surface area contributed by atoms with Gasteiger partial charge < -0.3 is 15.4 Å². The summed E-state index contributed by atoms with van der Waals surface area (Å²) in [5, 5.41) is 24.1. The number of anilines is 1. The van der Waals surface area contributed by atoms with Crippen molar-refractivity contribution in [2.45, 2.75) is 50.0 Å². The Morgan fingerprint density at radius 2 is 2.07 bits per heavy atom. The van der Waals surface area contributed by atoms with Crippen molar-refractivity contribution in [2.75, 3.05) is 18.4 Å². The van der Waals surface area contributed by atoms with E-state index in [9.17, 15) is 4.79 Å². The first-order chi connectivity index (χ1) is 14.6. The molecule has 2 N–H and O–H groups in total. The number of carbonyl (C=O) groups excluding carboxylic acids is 1. The summed E-state index contributed by atoms with van der Waals surface area (Å²) in [6, 6.07) is 10.6. The second kappa shape index (κ2) is 8.99. The molecule has 1 aromatic heterocycles. The Morgan fingerprint density at radius 3 is 2.70 bits per heavy atom. The Hall–Kier alpha value is -2.69. The van der Waals surface area contributed by atoms with E-state index in [0.717, 1.165) is 44.5 Å². The van der Waals surface area contributed by atoms with Gasteiger partial charge in [0.25, 0.3) is 5.91 Å². The standard InChI is InChI=1S/C22H24ClN5O2/c23-18-12-17(5-4-15(18)13-24)30-22(9-2-1-3-10-22)21(29)26-20-7-6-19(27-28-20)16-8-11-25-14-16/h4-7,12,16,25H,1-3,8-11,14H2,(H,26,28,29). The quantitative estimate of drug-likeness (QED) is 0.755. The maximum Gasteiger partial charge on any atom is 0.269 e. The van der Waals surface area contributed by atoms with Crippen molar-refractivity contribution in [2.24, 2.45) is 0 Å². The number of benzene rings is 1. The van der Waals surface area contributed by atoms with E-state index in [1.807, 2.05) is 12.1 Å². The Kier molecular flexibility index (Phi) is 6.16. The van der Waals surface area contributed by atoms with Crippen molar-refractivity contribution in [1.29, 1.82) is 5.26 Å². The molecule has 8 heteroatoms. The Morgan fingerprint density at radius 1 is 1.23 bits per heavy atom. The average Bonchev–Trinajstić information content (AvgIpc) is 3.30. The second-order valence-corrected chi connectivity index (χ2v) is 8.30. The molecule has 1 amide bonds. The lowest BCUT2D eigenvalue weighted by Gasteiger charge is -2.36. The number of hydrogen-bond donors (Lipinski definition) is 2. The fourth-order valence-electron chi connectivity index (χ4n) is 4.14. The predicted molar refractivity (Wildman–Crippen MR) is 114 cm³/mol. The van der Waals surface area contributed by atoms with Gasteiger partial charge in [0.2, 0.25) is 0 Å². The smallest absolute Gasteiger partial charge is 0.269 e. The lowest BCUT2D eigenvalue weighted by molar-refractivity contribution is -0.134. The molecule has 30 heavy (non-hydrogen) atoms. The van der Waals surface area contributed by atoms with Crippen molar-refractivity contribution >= 4 is 23.3 Å². The van der Waals surface area contributed by atoms with Gasteiger partial charge in [-0.3, -0.25) is 4.79 Å². The molecule has 2 aliphatic rings. The van der Waals surface area contributed by atoms with Gasteiger partial charge in [0.05, 0.1) is 16.3 Å². The molecule has 156 valence electrons. The zero-order chi connectivity index (χ0) is 21.0. The number of nitrogens with one attached hydrogen (secondary N) is 2. The molecule has 2 fully saturated rings. The maximum absolute atomic E-state index is 13.2. The van der Waals surface area contributed by atoms with Crippen molar-refractivity contribution in [3.05, 3.63) is 46.6 Å². The number of rotatable bonds is 5. The summed E-state index contributed by atoms with van der Waals surface area (Å²) >= 11 is 6.14. The molecule has 1 atom stereocenters. The molecule has 7 nitrogen and oxygen atoms in total. The summed E-state index contributed by atoms with van der Waals surface area (Å²) in [5.41, 5.74) is 0.318. The van der Waals surface area contributed by atoms with Gasteiger partial charge in [0, 0.05) is 18.5 Å². The molecule has 1 aliphatic carbocycles. The summed E-state index contributed by atoms with van der Waals surface area (Å²) in [4.78, 5) is 13.2. The normalized spacial score (nSPS) is 20.3. The van der Waals surface area contributed by atoms with Crippen LogP contribution in [-0.2, 0) is 4.79 Å². The Labute approximate surface area is 180 Å². The molecule has 1 aromatic carbocycles. The van der Waals surface area contributed by atoms with Crippen LogP contribution in [0, 0.1) is 11.3 Å². The lowest BCUT2D eigenvalue weighted by Crippen LogP contribution is -2.49. The fourth-order valence-corrected chi connectivity index (χ4v) is 4.35. The first-order valence-electron chi connectivity index (χ1n) is 10.3. The van der Waals surface area contributed by atoms with Gasteiger partial charge in [-0.15, -0.1) is 5.10 Å². The first-order valence-corrected chi connectivity index (χ1v) is 10.7. The van der Waals surface area contributed by atoms with Crippen molar-refractivity contribution in [1.82, 2.24) is 15.5 Å². The van der Waals surface area contributed by atoms with Crippen LogP contribution in [0.15, 0.2) is 30.3 Å². The van der Waals surface area contributed by atoms with Crippen LogP contribution in [0.3, 0.4) is 0 Å². The Bertz CT molecular complexity index is 945. The van der Waals surface area contributed by atoms with Crippen molar-refractivity contribution < 1.29 is 9.53 Å². The monoisotopic (exact) mass is 425 g/mol. The number of aromatic nitrogens is 2. The predicted octanol–water partition coefficient (Wildman–Crippen LogP) is 3.80. The molecule has 1 unspecified atom stereocenters. The van der Waals surface area contributed by atoms with Crippen molar-refractivity contribution in [3.63, 3.8) is 0 Å². The zero-order valence-corrected chi connectivity index (χ0v) is 17.4. The second-order valence-electron chi connectivity index (χ2n) is 7.90. The van der Waals surface area contributed by atoms with Gasteiger partial charge in [-0.25, -0.2) is 0 Å². The van der Waals surface area contributed by atoms with Crippen LogP contribution in [0.25, 0.3) is 0 Å². The number of carbonyl (C=O) groups is 1. The molecule has 2 aromatic rings. The van der Waals surface area contributed by atoms with Crippen LogP contribution >= 0.6 is 11.6 Å². The number of halogens is 1. The largest absolute Gasteiger partial charge is 0.477 e. The third-order valence-corrected chi connectivity index (χ3v) is 6.17. The molecule has 0 spiro atoms. The summed E-state index contributed by atoms with van der Waals surface area (Å²) in [6.07, 6.45) is 5.12. The van der Waals surface area contributed by atoms with E-state index in [-0.39, 0.29) is 5.91 Å². The van der Waals surface area contributed by atoms with Gasteiger partial charge in [-0.1, -0.05) is 18.0 Å². The number of amides is 1. The third kappa shape index (κ3) is 4.40. The molecule has 4 rings (SSSR count). The fraction of sp³-hybridized carbons (Fsp3) is 0.455. The number of ether oxygens (including phenoxy) is 1. The summed E-state index contributed by atoms with van der Waals surface area (Å²) in [7, 11) is 0. The average molecular weight is 426 g/mol. The number of hydrogen-bond acceptors (Lipinski definition) is 6. The van der Waals surface area contributed by atoms with E-state index in [2.05, 4.69) is 20.8 Å². The van der Waals surface area contributed by atoms with Gasteiger partial charge in [0.1, 0.15) is 11.8 Å². The highest BCUT2D eigenvalue weighted by Crippen LogP contribution is 2.35. The minimum absolute atomic E-state index is 0.229. The molecule has 0 radical (unpaired) electrons. The lowest BCUT2D eigenvalue weighted by atomic mass is 9.83. The van der Waals surface area contributed by atoms with E-state index in [0.29, 0.717) is 40.9 Å². The van der Waals surface area contributed by atoms with Gasteiger partial charge >= 0.3 is 0 Å². The highest BCUT2D eigenvalue weighted by atomic mass is 35.5. The minimum Gasteiger partial charge on any atom is -0.477 e. The van der Waals surface area contributed by atoms with E-state index >= 15 is 0 Å². The van der Waals surface area contributed by atoms with E-state index in [4.69, 9.17) is 21.6 Å². The van der Waals surface area contributed by atoms with Crippen molar-refractivity contribution in [3.8, 4) is 11.8 Å². The van der Waals surface area contributed by atoms with Crippen LogP contribution in [-0.4, -0.2) is 34.8 Å². The molecule has 1 aliphatic heterocycles. The highest BCUT2D eigenvalue weighted by molar-refractivity contribution is 6.31. The van der Waals surface area contributed by atoms with Gasteiger partial charge in [-0.05, 0) is 62.9 Å². The van der Waals surface area contributed by atoms with E-state index < -0.39 is 5.60 Å². The van der Waals surface area contributed by atoms with Crippen LogP contribution < -0.4 is 15.4 Å². The zero-order valence-electron chi connectivity index (χ0n) is 16.7. The number of nitriles is 1. The summed E-state index contributed by atoms with van der Waals surface area (Å²) in [6.45, 7) is 1.90. The Balaban J connectivity index is 1.50. The van der Waals surface area contributed by atoms with Crippen LogP contribution in [0.5, 0.6) is 5.75 Å². The topological polar surface area (TPSA) is 99.9 Å². The first kappa shape index (κ1) is 20.6. The summed E-state index contributed by atoms with van der Waals surface area (Å²) < 4.78 is 6.20. The maximum atomic E-state index is 13.2. The minimum atomic E-state index is -0.995. The van der Waals surface area contributed by atoms with Crippen LogP contribution in [0.1, 0.15) is 55.7 Å². The third-order valence-electron chi connectivity index (χ3n) is 5.85. The molecule has 0 bridgehead atoms. The molecular weight excluding hydrogens is 402 g/mol. The molecule has 1 saturated heterocycles. The summed E-state index contributed by atoms with van der Waals surface area (Å²) in [5.74, 6) is 1.04. The van der Waals surface area contributed by atoms with Crippen LogP contribution in [0.2, 0.25) is 5.02 Å². The molecule has 2 heterocycles. The van der Waals surface area contributed by atoms with Crippen LogP contribution in [0.4, 0.5) is 5.82 Å². The molecular formula is C22H24ClN5O2. The molecule has 1 saturated carbocycles. The highest BCUT2D eigenvalue weighted by Gasteiger charge is 2.42.